The van der Waals surface area contributed by atoms with Crippen LogP contribution in [0, 0.1) is 0 Å². The van der Waals surface area contributed by atoms with Crippen LogP contribution < -0.4 is 32.9 Å². The highest BCUT2D eigenvalue weighted by Crippen LogP contribution is 2.30. The Morgan fingerprint density at radius 3 is 2.44 bits per heavy atom. The Balaban J connectivity index is 1.81. The highest BCUT2D eigenvalue weighted by molar-refractivity contribution is 5.93. The van der Waals surface area contributed by atoms with Crippen LogP contribution in [0.25, 0.3) is 0 Å². The smallest absolute Gasteiger partial charge is 0.331 e. The molecule has 45 heavy (non-hydrogen) atoms. The Labute approximate surface area is 256 Å². The molecule has 1 fully saturated rings. The molecule has 0 bridgehead atoms. The number of aromatic hydroxyl groups is 1. The molecule has 9 N–H and O–H groups in total. The van der Waals surface area contributed by atoms with Gasteiger partial charge in [-0.1, -0.05) is 12.1 Å². The van der Waals surface area contributed by atoms with Gasteiger partial charge in [0.05, 0.1) is 12.1 Å². The molecule has 1 aromatic heterocycles. The standard InChI is InChI=1S/C28H37N7O10/c1-13(31-15(3)36)24(41)33-21(14(2)34(4)26(43)18(29)11-16-6-5-7-17(37)10-16)25(42)30-12-19-22(39)23(40)27(45-19)35-9-8-20(38)32-28(35)44/h5-10,12-14,18,21-23,27,37,39-40H,11,29H2,1-4H3,(H,30,42)(H,31,36)(H,33,41)(H,32,38,44)/b19-12-/t13-,14-,18-,21-,22+,23+,27+/m0/s1. The number of carbonyl (C=O) groups is 4. The number of likely N-dealkylation sites (N-methyl/N-ethyl adjacent to an activating group) is 1. The molecule has 2 aromatic rings. The quantitative estimate of drug-likeness (QED) is 0.123. The fourth-order valence-electron chi connectivity index (χ4n) is 4.57. The number of nitrogens with two attached hydrogens (primary N) is 1. The zero-order valence-corrected chi connectivity index (χ0v) is 25.0. The minimum Gasteiger partial charge on any atom is -0.508 e. The van der Waals surface area contributed by atoms with E-state index in [1.54, 1.807) is 12.1 Å². The lowest BCUT2D eigenvalue weighted by Crippen LogP contribution is -2.61. The van der Waals surface area contributed by atoms with Gasteiger partial charge in [-0.3, -0.25) is 33.5 Å². The van der Waals surface area contributed by atoms with Crippen molar-refractivity contribution in [1.29, 1.82) is 0 Å². The molecule has 17 heteroatoms. The fourth-order valence-corrected chi connectivity index (χ4v) is 4.57. The van der Waals surface area contributed by atoms with Crippen LogP contribution in [0.2, 0.25) is 0 Å². The van der Waals surface area contributed by atoms with Crippen molar-refractivity contribution in [2.75, 3.05) is 7.05 Å². The van der Waals surface area contributed by atoms with E-state index < -0.39 is 77.5 Å². The number of aliphatic hydroxyl groups excluding tert-OH is 2. The molecule has 1 saturated heterocycles. The third-order valence-electron chi connectivity index (χ3n) is 7.16. The summed E-state index contributed by atoms with van der Waals surface area (Å²) in [6.45, 7) is 4.07. The van der Waals surface area contributed by atoms with Gasteiger partial charge in [-0.05, 0) is 38.0 Å². The van der Waals surface area contributed by atoms with Crippen molar-refractivity contribution in [2.24, 2.45) is 5.73 Å². The maximum absolute atomic E-state index is 13.4. The van der Waals surface area contributed by atoms with Crippen molar-refractivity contribution >= 4 is 23.6 Å². The molecule has 3 rings (SSSR count). The van der Waals surface area contributed by atoms with Crippen molar-refractivity contribution in [2.45, 2.75) is 69.8 Å². The zero-order chi connectivity index (χ0) is 33.6. The minimum atomic E-state index is -1.70. The summed E-state index contributed by atoms with van der Waals surface area (Å²) in [4.78, 5) is 77.7. The summed E-state index contributed by atoms with van der Waals surface area (Å²) in [5, 5.41) is 37.9. The lowest BCUT2D eigenvalue weighted by atomic mass is 10.0. The number of aliphatic hydroxyl groups is 2. The molecule has 0 radical (unpaired) electrons. The largest absolute Gasteiger partial charge is 0.508 e. The van der Waals surface area contributed by atoms with Gasteiger partial charge in [0.25, 0.3) is 5.56 Å². The molecular weight excluding hydrogens is 594 g/mol. The molecular formula is C28H37N7O10. The summed E-state index contributed by atoms with van der Waals surface area (Å²) in [7, 11) is 1.38. The fraction of sp³-hybridized carbons (Fsp3) is 0.429. The Kier molecular flexibility index (Phi) is 11.2. The Bertz CT molecular complexity index is 1570. The van der Waals surface area contributed by atoms with Gasteiger partial charge in [-0.25, -0.2) is 4.79 Å². The minimum absolute atomic E-state index is 0.00306. The number of hydrogen-bond donors (Lipinski definition) is 8. The van der Waals surface area contributed by atoms with Gasteiger partial charge in [-0.15, -0.1) is 0 Å². The first kappa shape index (κ1) is 34.5. The SMILES string of the molecule is CC(=O)N[C@@H](C)C(=O)N[C@H](C(=O)N/C=C1\O[C@@H](n2ccc(=O)[nH]c2=O)[C@H](O)[C@@H]1O)[C@H](C)N(C)C(=O)[C@@H](N)Cc1cccc(O)c1. The second-order valence-corrected chi connectivity index (χ2v) is 10.6. The van der Waals surface area contributed by atoms with E-state index in [4.69, 9.17) is 10.5 Å². The maximum Gasteiger partial charge on any atom is 0.331 e. The van der Waals surface area contributed by atoms with E-state index in [1.165, 1.54) is 40.0 Å². The van der Waals surface area contributed by atoms with Gasteiger partial charge in [-0.2, -0.15) is 0 Å². The number of hydrogen-bond acceptors (Lipinski definition) is 11. The molecule has 1 aliphatic rings. The van der Waals surface area contributed by atoms with E-state index in [-0.39, 0.29) is 17.9 Å². The lowest BCUT2D eigenvalue weighted by Gasteiger charge is -2.33. The van der Waals surface area contributed by atoms with E-state index in [2.05, 4.69) is 16.0 Å². The first-order chi connectivity index (χ1) is 21.1. The Morgan fingerprint density at radius 2 is 1.82 bits per heavy atom. The predicted octanol–water partition coefficient (Wildman–Crippen LogP) is -3.12. The van der Waals surface area contributed by atoms with E-state index in [9.17, 15) is 44.1 Å². The Morgan fingerprint density at radius 1 is 1.13 bits per heavy atom. The lowest BCUT2D eigenvalue weighted by molar-refractivity contribution is -0.137. The van der Waals surface area contributed by atoms with Crippen molar-refractivity contribution in [1.82, 2.24) is 30.4 Å². The summed E-state index contributed by atoms with van der Waals surface area (Å²) in [6, 6.07) is 2.63. The second kappa shape index (κ2) is 14.7. The summed E-state index contributed by atoms with van der Waals surface area (Å²) < 4.78 is 6.32. The second-order valence-electron chi connectivity index (χ2n) is 10.6. The van der Waals surface area contributed by atoms with Gasteiger partial charge >= 0.3 is 5.69 Å². The van der Waals surface area contributed by atoms with Crippen LogP contribution in [0.3, 0.4) is 0 Å². The number of phenolic OH excluding ortho intramolecular Hbond substituents is 1. The molecule has 0 spiro atoms. The highest BCUT2D eigenvalue weighted by Gasteiger charge is 2.42. The third-order valence-corrected chi connectivity index (χ3v) is 7.16. The van der Waals surface area contributed by atoms with Crippen LogP contribution in [0.4, 0.5) is 0 Å². The van der Waals surface area contributed by atoms with E-state index in [0.717, 1.165) is 27.9 Å². The number of H-pyrrole nitrogens is 1. The van der Waals surface area contributed by atoms with Gasteiger partial charge < -0.3 is 46.6 Å². The van der Waals surface area contributed by atoms with Crippen molar-refractivity contribution < 1.29 is 39.2 Å². The Hall–Kier alpha value is -5.00. The van der Waals surface area contributed by atoms with Gasteiger partial charge in [0.2, 0.25) is 29.9 Å². The van der Waals surface area contributed by atoms with Crippen molar-refractivity contribution in [3.05, 3.63) is 74.9 Å². The molecule has 0 unspecified atom stereocenters. The third kappa shape index (κ3) is 8.55. The number of aromatic nitrogens is 2. The first-order valence-corrected chi connectivity index (χ1v) is 13.8. The molecule has 0 saturated carbocycles. The van der Waals surface area contributed by atoms with Gasteiger partial charge in [0, 0.05) is 32.4 Å². The molecule has 1 aromatic carbocycles. The van der Waals surface area contributed by atoms with E-state index in [0.29, 0.717) is 5.56 Å². The number of nitrogens with one attached hydrogen (secondary N) is 4. The number of carbonyl (C=O) groups excluding carboxylic acids is 4. The molecule has 17 nitrogen and oxygen atoms in total. The number of nitrogens with zero attached hydrogens (tertiary/aromatic N) is 2. The topological polar surface area (TPSA) is 258 Å². The average Bonchev–Trinajstić information content (AvgIpc) is 3.25. The summed E-state index contributed by atoms with van der Waals surface area (Å²) in [5.41, 5.74) is 5.13. The predicted molar refractivity (Wildman–Crippen MR) is 157 cm³/mol. The molecule has 0 aliphatic carbocycles. The molecule has 4 amide bonds. The van der Waals surface area contributed by atoms with Crippen LogP contribution in [-0.2, 0) is 30.3 Å². The number of benzene rings is 1. The number of amides is 4. The molecule has 1 aliphatic heterocycles. The van der Waals surface area contributed by atoms with Crippen LogP contribution in [0.5, 0.6) is 5.75 Å². The number of aromatic amines is 1. The summed E-state index contributed by atoms with van der Waals surface area (Å²) in [6.07, 6.45) is -2.76. The highest BCUT2D eigenvalue weighted by atomic mass is 16.6. The van der Waals surface area contributed by atoms with Crippen LogP contribution in [0.1, 0.15) is 32.6 Å². The number of ether oxygens (including phenoxy) is 1. The molecule has 244 valence electrons. The van der Waals surface area contributed by atoms with E-state index >= 15 is 0 Å². The number of rotatable bonds is 11. The summed E-state index contributed by atoms with van der Waals surface area (Å²) >= 11 is 0. The van der Waals surface area contributed by atoms with Crippen LogP contribution in [-0.4, -0.2) is 96.8 Å². The molecule has 2 heterocycles. The van der Waals surface area contributed by atoms with Crippen LogP contribution in [0.15, 0.2) is 58.1 Å². The monoisotopic (exact) mass is 631 g/mol. The van der Waals surface area contributed by atoms with Crippen LogP contribution >= 0.6 is 0 Å². The van der Waals surface area contributed by atoms with Crippen molar-refractivity contribution in [3.63, 3.8) is 0 Å². The maximum atomic E-state index is 13.4. The average molecular weight is 632 g/mol. The summed E-state index contributed by atoms with van der Waals surface area (Å²) in [5.74, 6) is -3.06. The van der Waals surface area contributed by atoms with Gasteiger partial charge in [0.1, 0.15) is 35.8 Å². The van der Waals surface area contributed by atoms with Crippen molar-refractivity contribution in [3.8, 4) is 5.75 Å². The first-order valence-electron chi connectivity index (χ1n) is 13.8. The number of phenols is 1. The molecule has 7 atom stereocenters. The zero-order valence-electron chi connectivity index (χ0n) is 25.0. The normalized spacial score (nSPS) is 21.1. The van der Waals surface area contributed by atoms with Gasteiger partial charge in [0.15, 0.2) is 0 Å². The van der Waals surface area contributed by atoms with E-state index in [1.807, 2.05) is 4.98 Å².